The summed E-state index contributed by atoms with van der Waals surface area (Å²) in [6, 6.07) is 14.4. The van der Waals surface area contributed by atoms with Gasteiger partial charge in [-0.05, 0) is 66.9 Å². The van der Waals surface area contributed by atoms with Crippen molar-refractivity contribution in [1.82, 2.24) is 20.0 Å². The van der Waals surface area contributed by atoms with E-state index in [0.717, 1.165) is 72.8 Å². The van der Waals surface area contributed by atoms with Crippen LogP contribution in [0.3, 0.4) is 0 Å². The van der Waals surface area contributed by atoms with E-state index in [1.807, 2.05) is 39.4 Å². The Balaban J connectivity index is 1.34. The number of hydrogen-bond donors (Lipinski definition) is 1. The second kappa shape index (κ2) is 12.3. The van der Waals surface area contributed by atoms with E-state index in [4.69, 9.17) is 4.43 Å². The van der Waals surface area contributed by atoms with Crippen LogP contribution in [-0.2, 0) is 11.5 Å². The van der Waals surface area contributed by atoms with Gasteiger partial charge in [-0.2, -0.15) is 5.10 Å². The Labute approximate surface area is 241 Å². The lowest BCUT2D eigenvalue weighted by molar-refractivity contribution is 0.0939. The van der Waals surface area contributed by atoms with Crippen LogP contribution in [0, 0.1) is 6.92 Å². The number of nitrogens with one attached hydrogen (secondary N) is 1. The first-order valence-corrected chi connectivity index (χ1v) is 17.4. The van der Waals surface area contributed by atoms with Gasteiger partial charge in [-0.15, -0.1) is 0 Å². The standard InChI is InChI=1S/C32H47N5O2Si/c1-24-12-13-29(37-16-14-36(15-17-37)18-19-39-40(7,8)32(3,4)5)21-30(24)31(38)34-25(2)26-10-9-11-27(20-26)28-22-33-35(6)23-28/h9-13,20-23,25H,14-19H2,1-8H3,(H,34,38)/t25-/m1/s1. The maximum absolute atomic E-state index is 13.4. The number of amides is 1. The fourth-order valence-electron chi connectivity index (χ4n) is 4.84. The summed E-state index contributed by atoms with van der Waals surface area (Å²) in [7, 11) is 0.207. The van der Waals surface area contributed by atoms with Gasteiger partial charge < -0.3 is 14.6 Å². The van der Waals surface area contributed by atoms with Crippen LogP contribution >= 0.6 is 0 Å². The van der Waals surface area contributed by atoms with Gasteiger partial charge in [0, 0.05) is 69.4 Å². The van der Waals surface area contributed by atoms with Crippen molar-refractivity contribution in [3.8, 4) is 11.1 Å². The molecule has 2 aromatic carbocycles. The van der Waals surface area contributed by atoms with Crippen LogP contribution in [0.1, 0.15) is 55.2 Å². The van der Waals surface area contributed by atoms with E-state index >= 15 is 0 Å². The van der Waals surface area contributed by atoms with Crippen molar-refractivity contribution >= 4 is 19.9 Å². The van der Waals surface area contributed by atoms with Gasteiger partial charge in [-0.25, -0.2) is 0 Å². The molecule has 1 saturated heterocycles. The molecule has 1 amide bonds. The summed E-state index contributed by atoms with van der Waals surface area (Å²) in [5, 5.41) is 7.74. The smallest absolute Gasteiger partial charge is 0.252 e. The molecule has 1 fully saturated rings. The highest BCUT2D eigenvalue weighted by Crippen LogP contribution is 2.36. The molecule has 8 heteroatoms. The molecule has 1 N–H and O–H groups in total. The first kappa shape index (κ1) is 30.0. The van der Waals surface area contributed by atoms with E-state index < -0.39 is 8.32 Å². The normalized spacial score (nSPS) is 15.8. The zero-order valence-electron chi connectivity index (χ0n) is 25.6. The van der Waals surface area contributed by atoms with Crippen molar-refractivity contribution in [3.05, 3.63) is 71.5 Å². The molecule has 2 heterocycles. The Morgan fingerprint density at radius 3 is 2.45 bits per heavy atom. The van der Waals surface area contributed by atoms with Gasteiger partial charge >= 0.3 is 0 Å². The van der Waals surface area contributed by atoms with Crippen LogP contribution in [0.15, 0.2) is 54.9 Å². The van der Waals surface area contributed by atoms with Crippen molar-refractivity contribution in [3.63, 3.8) is 0 Å². The third-order valence-electron chi connectivity index (χ3n) is 8.65. The van der Waals surface area contributed by atoms with Gasteiger partial charge in [-0.3, -0.25) is 14.4 Å². The van der Waals surface area contributed by atoms with Gasteiger partial charge in [0.05, 0.1) is 12.2 Å². The topological polar surface area (TPSA) is 62.6 Å². The van der Waals surface area contributed by atoms with E-state index in [1.165, 1.54) is 0 Å². The first-order valence-electron chi connectivity index (χ1n) is 14.5. The number of carbonyl (C=O) groups excluding carboxylic acids is 1. The molecule has 0 radical (unpaired) electrons. The highest BCUT2D eigenvalue weighted by molar-refractivity contribution is 6.74. The number of rotatable bonds is 9. The molecule has 1 aliphatic rings. The lowest BCUT2D eigenvalue weighted by Gasteiger charge is -2.39. The molecule has 1 aromatic heterocycles. The second-order valence-electron chi connectivity index (χ2n) is 12.7. The predicted molar refractivity (Wildman–Crippen MR) is 168 cm³/mol. The number of benzene rings is 2. The van der Waals surface area contributed by atoms with Crippen LogP contribution in [-0.4, -0.2) is 68.2 Å². The number of aryl methyl sites for hydroxylation is 2. The summed E-state index contributed by atoms with van der Waals surface area (Å²) in [6.45, 7) is 21.2. The fourth-order valence-corrected chi connectivity index (χ4v) is 5.88. The third kappa shape index (κ3) is 7.22. The molecule has 40 heavy (non-hydrogen) atoms. The fraction of sp³-hybridized carbons (Fsp3) is 0.500. The number of nitrogens with zero attached hydrogens (tertiary/aromatic N) is 4. The first-order chi connectivity index (χ1) is 18.8. The Kier molecular flexibility index (Phi) is 9.22. The summed E-state index contributed by atoms with van der Waals surface area (Å²) in [4.78, 5) is 18.3. The number of anilines is 1. The average molecular weight is 562 g/mol. The lowest BCUT2D eigenvalue weighted by atomic mass is 10.0. The Bertz CT molecular complexity index is 1300. The molecular weight excluding hydrogens is 514 g/mol. The summed E-state index contributed by atoms with van der Waals surface area (Å²) in [6.07, 6.45) is 3.86. The molecule has 1 atom stereocenters. The van der Waals surface area contributed by atoms with Gasteiger partial charge in [-0.1, -0.05) is 45.0 Å². The van der Waals surface area contributed by atoms with E-state index in [-0.39, 0.29) is 17.0 Å². The van der Waals surface area contributed by atoms with E-state index in [2.05, 4.69) is 90.5 Å². The highest BCUT2D eigenvalue weighted by atomic mass is 28.4. The van der Waals surface area contributed by atoms with Crippen molar-refractivity contribution in [2.24, 2.45) is 7.05 Å². The summed E-state index contributed by atoms with van der Waals surface area (Å²) in [5.41, 5.74) is 6.05. The van der Waals surface area contributed by atoms with Gasteiger partial charge in [0.2, 0.25) is 0 Å². The number of carbonyl (C=O) groups is 1. The van der Waals surface area contributed by atoms with Gasteiger partial charge in [0.1, 0.15) is 0 Å². The highest BCUT2D eigenvalue weighted by Gasteiger charge is 2.37. The van der Waals surface area contributed by atoms with Crippen LogP contribution in [0.4, 0.5) is 5.69 Å². The SMILES string of the molecule is Cc1ccc(N2CCN(CCO[Si](C)(C)C(C)(C)C)CC2)cc1C(=O)N[C@H](C)c1cccc(-c2cnn(C)c2)c1. The van der Waals surface area contributed by atoms with E-state index in [9.17, 15) is 4.79 Å². The van der Waals surface area contributed by atoms with Gasteiger partial charge in [0.15, 0.2) is 8.32 Å². The van der Waals surface area contributed by atoms with Gasteiger partial charge in [0.25, 0.3) is 5.91 Å². The minimum Gasteiger partial charge on any atom is -0.416 e. The Morgan fingerprint density at radius 2 is 1.80 bits per heavy atom. The molecule has 216 valence electrons. The van der Waals surface area contributed by atoms with Crippen LogP contribution in [0.25, 0.3) is 11.1 Å². The minimum absolute atomic E-state index is 0.0416. The maximum atomic E-state index is 13.4. The Hall–Kier alpha value is -2.94. The third-order valence-corrected chi connectivity index (χ3v) is 13.2. The average Bonchev–Trinajstić information content (AvgIpc) is 3.35. The van der Waals surface area contributed by atoms with Crippen molar-refractivity contribution in [1.29, 1.82) is 0 Å². The molecule has 0 aliphatic carbocycles. The Morgan fingerprint density at radius 1 is 1.07 bits per heavy atom. The van der Waals surface area contributed by atoms with Crippen LogP contribution in [0.5, 0.6) is 0 Å². The second-order valence-corrected chi connectivity index (χ2v) is 17.5. The molecule has 0 bridgehead atoms. The zero-order valence-corrected chi connectivity index (χ0v) is 26.6. The minimum atomic E-state index is -1.71. The van der Waals surface area contributed by atoms with Crippen molar-refractivity contribution in [2.45, 2.75) is 58.8 Å². The largest absolute Gasteiger partial charge is 0.416 e. The van der Waals surface area contributed by atoms with E-state index in [0.29, 0.717) is 0 Å². The zero-order chi connectivity index (χ0) is 29.1. The molecule has 0 saturated carbocycles. The number of aromatic nitrogens is 2. The molecule has 4 rings (SSSR count). The van der Waals surface area contributed by atoms with E-state index in [1.54, 1.807) is 4.68 Å². The van der Waals surface area contributed by atoms with Crippen LogP contribution < -0.4 is 10.2 Å². The molecule has 0 spiro atoms. The monoisotopic (exact) mass is 561 g/mol. The maximum Gasteiger partial charge on any atom is 0.252 e. The lowest BCUT2D eigenvalue weighted by Crippen LogP contribution is -2.48. The molecule has 3 aromatic rings. The summed E-state index contributed by atoms with van der Waals surface area (Å²) in [5.74, 6) is -0.0416. The van der Waals surface area contributed by atoms with Crippen molar-refractivity contribution < 1.29 is 9.22 Å². The number of piperazine rings is 1. The molecule has 7 nitrogen and oxygen atoms in total. The molecule has 1 aliphatic heterocycles. The molecular formula is C32H47N5O2Si. The van der Waals surface area contributed by atoms with Crippen LogP contribution in [0.2, 0.25) is 18.1 Å². The van der Waals surface area contributed by atoms with Crippen molar-refractivity contribution in [2.75, 3.05) is 44.2 Å². The quantitative estimate of drug-likeness (QED) is 0.323. The molecule has 0 unspecified atom stereocenters. The predicted octanol–water partition coefficient (Wildman–Crippen LogP) is 6.03. The summed E-state index contributed by atoms with van der Waals surface area (Å²) < 4.78 is 8.19. The number of hydrogen-bond acceptors (Lipinski definition) is 5. The summed E-state index contributed by atoms with van der Waals surface area (Å²) >= 11 is 0.